The minimum absolute atomic E-state index is 0.330. The van der Waals surface area contributed by atoms with Crippen LogP contribution in [0, 0.1) is 11.3 Å². The third-order valence-corrected chi connectivity index (χ3v) is 1.53. The van der Waals surface area contributed by atoms with E-state index >= 15 is 0 Å². The number of hydrogen-bond acceptors (Lipinski definition) is 5. The Morgan fingerprint density at radius 2 is 2.05 bits per heavy atom. The molecular weight excluding hydrogens is 250 g/mol. The van der Waals surface area contributed by atoms with Gasteiger partial charge in [-0.2, -0.15) is 5.26 Å². The van der Waals surface area contributed by atoms with Crippen molar-refractivity contribution in [2.45, 2.75) is 19.8 Å². The summed E-state index contributed by atoms with van der Waals surface area (Å²) in [5.74, 6) is -0.273. The molecule has 0 aromatic rings. The molecule has 0 amide bonds. The van der Waals surface area contributed by atoms with Crippen LogP contribution in [0.1, 0.15) is 19.8 Å². The predicted molar refractivity (Wildman–Crippen MR) is 67.7 cm³/mol. The van der Waals surface area contributed by atoms with Gasteiger partial charge < -0.3 is 9.84 Å². The average Bonchev–Trinajstić information content (AvgIpc) is 2.40. The van der Waals surface area contributed by atoms with Crippen LogP contribution >= 0.6 is 0 Å². The van der Waals surface area contributed by atoms with Crippen molar-refractivity contribution < 1.29 is 24.2 Å². The van der Waals surface area contributed by atoms with Gasteiger partial charge in [-0.1, -0.05) is 19.9 Å². The average molecular weight is 265 g/mol. The maximum absolute atomic E-state index is 10.3. The number of carboxylic acids is 1. The van der Waals surface area contributed by atoms with Gasteiger partial charge in [-0.05, 0) is 12.5 Å². The SMILES string of the molecule is C=CC(=O)OCCCC.N#CC(=C=O)C=CC(=O)O. The van der Waals surface area contributed by atoms with E-state index in [9.17, 15) is 14.4 Å². The molecule has 0 rings (SSSR count). The van der Waals surface area contributed by atoms with Crippen LogP contribution in [0.15, 0.2) is 30.4 Å². The number of hydrogen-bond donors (Lipinski definition) is 1. The van der Waals surface area contributed by atoms with Gasteiger partial charge in [0.15, 0.2) is 0 Å². The Bertz CT molecular complexity index is 425. The fourth-order valence-corrected chi connectivity index (χ4v) is 0.625. The van der Waals surface area contributed by atoms with E-state index in [0.29, 0.717) is 12.7 Å². The Morgan fingerprint density at radius 3 is 2.42 bits per heavy atom. The van der Waals surface area contributed by atoms with Gasteiger partial charge in [0.25, 0.3) is 0 Å². The molecule has 0 unspecified atom stereocenters. The number of unbranched alkanes of at least 4 members (excludes halogenated alkanes) is 1. The summed E-state index contributed by atoms with van der Waals surface area (Å²) in [6, 6.07) is 1.45. The molecule has 6 heteroatoms. The van der Waals surface area contributed by atoms with Gasteiger partial charge >= 0.3 is 11.9 Å². The highest BCUT2D eigenvalue weighted by Crippen LogP contribution is 1.88. The smallest absolute Gasteiger partial charge is 0.330 e. The molecule has 1 N–H and O–H groups in total. The van der Waals surface area contributed by atoms with E-state index in [1.807, 2.05) is 6.92 Å². The van der Waals surface area contributed by atoms with Crippen LogP contribution < -0.4 is 0 Å². The van der Waals surface area contributed by atoms with E-state index in [1.54, 1.807) is 0 Å². The molecule has 0 bridgehead atoms. The Kier molecular flexibility index (Phi) is 13.2. The molecule has 0 saturated carbocycles. The minimum Gasteiger partial charge on any atom is -0.478 e. The van der Waals surface area contributed by atoms with Crippen LogP contribution in [0.4, 0.5) is 0 Å². The van der Waals surface area contributed by atoms with Gasteiger partial charge in [-0.25, -0.2) is 14.4 Å². The second kappa shape index (κ2) is 13.4. The van der Waals surface area contributed by atoms with Crippen LogP contribution in [-0.2, 0) is 19.1 Å². The van der Waals surface area contributed by atoms with E-state index in [0.717, 1.165) is 18.9 Å². The lowest BCUT2D eigenvalue weighted by atomic mass is 10.3. The van der Waals surface area contributed by atoms with Crippen molar-refractivity contribution in [3.8, 4) is 6.07 Å². The zero-order valence-electron chi connectivity index (χ0n) is 10.6. The largest absolute Gasteiger partial charge is 0.478 e. The summed E-state index contributed by atoms with van der Waals surface area (Å²) in [5, 5.41) is 16.1. The van der Waals surface area contributed by atoms with E-state index in [2.05, 4.69) is 11.3 Å². The van der Waals surface area contributed by atoms with Crippen LogP contribution in [0.2, 0.25) is 0 Å². The summed E-state index contributed by atoms with van der Waals surface area (Å²) in [6.07, 6.45) is 4.73. The second-order valence-corrected chi connectivity index (χ2v) is 3.02. The highest BCUT2D eigenvalue weighted by molar-refractivity contribution is 5.82. The van der Waals surface area contributed by atoms with Crippen molar-refractivity contribution in [2.75, 3.05) is 6.61 Å². The number of ether oxygens (including phenoxy) is 1. The highest BCUT2D eigenvalue weighted by Gasteiger charge is 1.91. The number of nitrogens with zero attached hydrogens (tertiary/aromatic N) is 1. The topological polar surface area (TPSA) is 104 Å². The molecule has 0 aliphatic heterocycles. The summed E-state index contributed by atoms with van der Waals surface area (Å²) in [5.41, 5.74) is -0.331. The minimum atomic E-state index is -1.21. The number of allylic oxidation sites excluding steroid dienone is 2. The summed E-state index contributed by atoms with van der Waals surface area (Å²) in [4.78, 5) is 29.9. The van der Waals surface area contributed by atoms with Crippen molar-refractivity contribution >= 4 is 17.9 Å². The zero-order chi connectivity index (χ0) is 15.1. The zero-order valence-corrected chi connectivity index (χ0v) is 10.6. The van der Waals surface area contributed by atoms with Gasteiger partial charge in [0, 0.05) is 12.2 Å². The molecule has 0 spiro atoms. The molecular formula is C13H15NO5. The van der Waals surface area contributed by atoms with Gasteiger partial charge in [0.1, 0.15) is 17.6 Å². The lowest BCUT2D eigenvalue weighted by Crippen LogP contribution is -2.00. The Labute approximate surface area is 111 Å². The van der Waals surface area contributed by atoms with Crippen LogP contribution in [0.5, 0.6) is 0 Å². The second-order valence-electron chi connectivity index (χ2n) is 3.02. The molecule has 0 aliphatic carbocycles. The maximum atomic E-state index is 10.3. The number of nitriles is 1. The highest BCUT2D eigenvalue weighted by atomic mass is 16.5. The molecule has 102 valence electrons. The molecule has 0 aromatic heterocycles. The molecule has 19 heavy (non-hydrogen) atoms. The first-order valence-corrected chi connectivity index (χ1v) is 5.37. The number of rotatable bonds is 6. The van der Waals surface area contributed by atoms with Gasteiger partial charge in [0.2, 0.25) is 0 Å². The Hall–Kier alpha value is -2.64. The molecule has 0 radical (unpaired) electrons. The normalized spacial score (nSPS) is 8.42. The summed E-state index contributed by atoms with van der Waals surface area (Å²) in [6.45, 7) is 5.82. The van der Waals surface area contributed by atoms with Crippen molar-refractivity contribution in [2.24, 2.45) is 0 Å². The molecule has 6 nitrogen and oxygen atoms in total. The van der Waals surface area contributed by atoms with Gasteiger partial charge in [-0.15, -0.1) is 0 Å². The third kappa shape index (κ3) is 15.4. The molecule has 0 aliphatic rings. The van der Waals surface area contributed by atoms with Crippen molar-refractivity contribution in [1.82, 2.24) is 0 Å². The van der Waals surface area contributed by atoms with Gasteiger partial charge in [-0.3, -0.25) is 0 Å². The van der Waals surface area contributed by atoms with Crippen molar-refractivity contribution in [1.29, 1.82) is 5.26 Å². The standard InChI is InChI=1S/C7H12O2.C6H3NO3/c1-3-5-6-9-7(8)4-2;7-3-5(4-8)1-2-6(9)10/h4H,2-3,5-6H2,1H3;1-2H,(H,9,10). The molecule has 0 fully saturated rings. The van der Waals surface area contributed by atoms with E-state index < -0.39 is 5.97 Å². The fraction of sp³-hybridized carbons (Fsp3) is 0.308. The number of carboxylic acid groups (broad SMARTS) is 1. The number of carbonyl (C=O) groups is 2. The first-order chi connectivity index (χ1) is 9.01. The number of carbonyl (C=O) groups excluding carboxylic acids is 2. The van der Waals surface area contributed by atoms with E-state index in [-0.39, 0.29) is 11.5 Å². The fourth-order valence-electron chi connectivity index (χ4n) is 0.625. The van der Waals surface area contributed by atoms with E-state index in [4.69, 9.17) is 10.4 Å². The summed E-state index contributed by atoms with van der Waals surface area (Å²) >= 11 is 0. The van der Waals surface area contributed by atoms with Crippen LogP contribution in [0.25, 0.3) is 0 Å². The number of aliphatic carboxylic acids is 1. The molecule has 0 atom stereocenters. The predicted octanol–water partition coefficient (Wildman–Crippen LogP) is 1.42. The summed E-state index contributed by atoms with van der Waals surface area (Å²) < 4.78 is 4.67. The quantitative estimate of drug-likeness (QED) is 0.194. The Morgan fingerprint density at radius 1 is 1.42 bits per heavy atom. The van der Waals surface area contributed by atoms with Crippen LogP contribution in [0.3, 0.4) is 0 Å². The first-order valence-electron chi connectivity index (χ1n) is 5.37. The monoisotopic (exact) mass is 265 g/mol. The Balaban J connectivity index is 0. The first kappa shape index (κ1) is 18.7. The van der Waals surface area contributed by atoms with Crippen molar-refractivity contribution in [3.05, 3.63) is 30.4 Å². The van der Waals surface area contributed by atoms with Gasteiger partial charge in [0.05, 0.1) is 6.61 Å². The summed E-state index contributed by atoms with van der Waals surface area (Å²) in [7, 11) is 0. The number of esters is 1. The molecule has 0 aromatic carbocycles. The van der Waals surface area contributed by atoms with E-state index in [1.165, 1.54) is 18.1 Å². The third-order valence-electron chi connectivity index (χ3n) is 1.53. The lowest BCUT2D eigenvalue weighted by molar-refractivity contribution is -0.137. The maximum Gasteiger partial charge on any atom is 0.330 e. The van der Waals surface area contributed by atoms with Crippen molar-refractivity contribution in [3.63, 3.8) is 0 Å². The lowest BCUT2D eigenvalue weighted by Gasteiger charge is -1.97. The molecule has 0 saturated heterocycles. The molecule has 0 heterocycles. The van der Waals surface area contributed by atoms with Crippen LogP contribution in [-0.4, -0.2) is 29.6 Å².